The predicted molar refractivity (Wildman–Crippen MR) is 77.0 cm³/mol. The Hall–Kier alpha value is -2.41. The molecule has 0 fully saturated rings. The molecule has 0 radical (unpaired) electrons. The maximum absolute atomic E-state index is 11.9. The fourth-order valence-corrected chi connectivity index (χ4v) is 1.80. The molecule has 1 amide bonds. The number of likely N-dealkylation sites (N-methyl/N-ethyl adjacent to an activating group) is 1. The molecule has 0 heterocycles. The Morgan fingerprint density at radius 1 is 1.33 bits per heavy atom. The van der Waals surface area contributed by atoms with Crippen molar-refractivity contribution >= 4 is 34.7 Å². The van der Waals surface area contributed by atoms with Gasteiger partial charge in [0, 0.05) is 25.2 Å². The molecule has 21 heavy (non-hydrogen) atoms. The molecule has 1 aromatic carbocycles. The van der Waals surface area contributed by atoms with Gasteiger partial charge in [-0.05, 0) is 19.1 Å². The van der Waals surface area contributed by atoms with Gasteiger partial charge in [0.25, 0.3) is 11.6 Å². The van der Waals surface area contributed by atoms with Crippen molar-refractivity contribution in [3.63, 3.8) is 0 Å². The first-order valence-electron chi connectivity index (χ1n) is 5.77. The van der Waals surface area contributed by atoms with Gasteiger partial charge in [-0.1, -0.05) is 11.6 Å². The molecule has 0 atom stereocenters. The van der Waals surface area contributed by atoms with Crippen LogP contribution in [-0.4, -0.2) is 40.7 Å². The first-order chi connectivity index (χ1) is 9.66. The molecular formula is C13H13ClN2O5. The third kappa shape index (κ3) is 3.57. The molecule has 0 aromatic heterocycles. The van der Waals surface area contributed by atoms with E-state index in [4.69, 9.17) is 11.6 Å². The number of Topliss-reactive ketones (excluding diaryl/α,β-unsaturated/α-hetero) is 1. The number of ketones is 1. The number of nitro groups is 1. The smallest absolute Gasteiger partial charge is 0.281 e. The highest BCUT2D eigenvalue weighted by atomic mass is 35.5. The van der Waals surface area contributed by atoms with Crippen molar-refractivity contribution in [2.75, 3.05) is 14.1 Å². The fourth-order valence-electron chi connectivity index (χ4n) is 1.63. The second-order valence-corrected chi connectivity index (χ2v) is 4.83. The normalized spacial score (nSPS) is 11.6. The summed E-state index contributed by atoms with van der Waals surface area (Å²) in [6.07, 6.45) is 0. The van der Waals surface area contributed by atoms with Gasteiger partial charge in [-0.15, -0.1) is 0 Å². The number of halogens is 1. The van der Waals surface area contributed by atoms with E-state index in [1.165, 1.54) is 26.2 Å². The summed E-state index contributed by atoms with van der Waals surface area (Å²) in [7, 11) is 2.80. The second kappa shape index (κ2) is 6.36. The van der Waals surface area contributed by atoms with E-state index in [-0.39, 0.29) is 10.6 Å². The Bertz CT molecular complexity index is 652. The summed E-state index contributed by atoms with van der Waals surface area (Å²) in [5.41, 5.74) is -1.26. The first kappa shape index (κ1) is 16.6. The maximum Gasteiger partial charge on any atom is 0.281 e. The van der Waals surface area contributed by atoms with E-state index >= 15 is 0 Å². The molecule has 0 aliphatic heterocycles. The number of carbonyl (C=O) groups excluding carboxylic acids is 2. The number of benzene rings is 1. The molecule has 7 nitrogen and oxygen atoms in total. The third-order valence-corrected chi connectivity index (χ3v) is 2.86. The minimum atomic E-state index is -0.755. The summed E-state index contributed by atoms with van der Waals surface area (Å²) in [5.74, 6) is -2.19. The fraction of sp³-hybridized carbons (Fsp3) is 0.231. The van der Waals surface area contributed by atoms with Crippen LogP contribution >= 0.6 is 11.6 Å². The number of rotatable bonds is 4. The maximum atomic E-state index is 11.9. The quantitative estimate of drug-likeness (QED) is 0.229. The van der Waals surface area contributed by atoms with Crippen molar-refractivity contribution < 1.29 is 19.6 Å². The Morgan fingerprint density at radius 2 is 1.90 bits per heavy atom. The SMILES string of the molecule is CC(=O)C(C(=O)N(C)C)=C(O)c1ccc(Cl)cc1[N+](=O)[O-]. The molecule has 0 saturated heterocycles. The number of aliphatic hydroxyl groups excluding tert-OH is 1. The topological polar surface area (TPSA) is 101 Å². The molecule has 0 aliphatic carbocycles. The molecular weight excluding hydrogens is 300 g/mol. The highest BCUT2D eigenvalue weighted by Crippen LogP contribution is 2.30. The number of carbonyl (C=O) groups is 2. The van der Waals surface area contributed by atoms with Crippen LogP contribution in [0.15, 0.2) is 23.8 Å². The van der Waals surface area contributed by atoms with E-state index in [2.05, 4.69) is 0 Å². The van der Waals surface area contributed by atoms with Crippen molar-refractivity contribution in [1.29, 1.82) is 0 Å². The molecule has 0 saturated carbocycles. The molecule has 112 valence electrons. The molecule has 0 unspecified atom stereocenters. The highest BCUT2D eigenvalue weighted by Gasteiger charge is 2.27. The van der Waals surface area contributed by atoms with E-state index in [9.17, 15) is 24.8 Å². The van der Waals surface area contributed by atoms with Gasteiger partial charge in [0.15, 0.2) is 5.78 Å². The van der Waals surface area contributed by atoms with Crippen molar-refractivity contribution in [1.82, 2.24) is 4.90 Å². The van der Waals surface area contributed by atoms with Gasteiger partial charge in [-0.25, -0.2) is 0 Å². The average Bonchev–Trinajstić information content (AvgIpc) is 2.37. The Morgan fingerprint density at radius 3 is 2.33 bits per heavy atom. The number of nitrogens with zero attached hydrogens (tertiary/aromatic N) is 2. The second-order valence-electron chi connectivity index (χ2n) is 4.40. The van der Waals surface area contributed by atoms with Crippen LogP contribution in [0.1, 0.15) is 12.5 Å². The van der Waals surface area contributed by atoms with Crippen LogP contribution in [0.5, 0.6) is 0 Å². The van der Waals surface area contributed by atoms with Crippen LogP contribution in [0, 0.1) is 10.1 Å². The Balaban J connectivity index is 3.62. The van der Waals surface area contributed by atoms with Gasteiger partial charge in [0.2, 0.25) is 0 Å². The third-order valence-electron chi connectivity index (χ3n) is 2.62. The number of amides is 1. The Kier molecular flexibility index (Phi) is 5.04. The molecule has 1 rings (SSSR count). The van der Waals surface area contributed by atoms with Crippen molar-refractivity contribution in [3.8, 4) is 0 Å². The van der Waals surface area contributed by atoms with E-state index in [0.29, 0.717) is 0 Å². The average molecular weight is 313 g/mol. The van der Waals surface area contributed by atoms with Gasteiger partial charge in [-0.3, -0.25) is 19.7 Å². The lowest BCUT2D eigenvalue weighted by atomic mass is 10.0. The minimum absolute atomic E-state index is 0.0987. The lowest BCUT2D eigenvalue weighted by molar-refractivity contribution is -0.385. The van der Waals surface area contributed by atoms with Crippen molar-refractivity contribution in [2.45, 2.75) is 6.92 Å². The molecule has 1 aromatic rings. The van der Waals surface area contributed by atoms with E-state index in [1.807, 2.05) is 0 Å². The lowest BCUT2D eigenvalue weighted by Gasteiger charge is -2.13. The molecule has 0 aliphatic rings. The molecule has 0 spiro atoms. The van der Waals surface area contributed by atoms with Gasteiger partial charge in [0.1, 0.15) is 11.3 Å². The van der Waals surface area contributed by atoms with Crippen LogP contribution in [0.25, 0.3) is 5.76 Å². The van der Waals surface area contributed by atoms with Crippen LogP contribution in [0.3, 0.4) is 0 Å². The van der Waals surface area contributed by atoms with E-state index < -0.39 is 33.6 Å². The highest BCUT2D eigenvalue weighted by molar-refractivity contribution is 6.31. The zero-order valence-electron chi connectivity index (χ0n) is 11.6. The monoisotopic (exact) mass is 312 g/mol. The number of aliphatic hydroxyl groups is 1. The molecule has 0 bridgehead atoms. The summed E-state index contributed by atoms with van der Waals surface area (Å²) in [4.78, 5) is 34.9. The summed E-state index contributed by atoms with van der Waals surface area (Å²) < 4.78 is 0. The lowest BCUT2D eigenvalue weighted by Crippen LogP contribution is -2.27. The van der Waals surface area contributed by atoms with Crippen LogP contribution in [0.4, 0.5) is 5.69 Å². The van der Waals surface area contributed by atoms with Crippen LogP contribution in [-0.2, 0) is 9.59 Å². The van der Waals surface area contributed by atoms with E-state index in [1.54, 1.807) is 0 Å². The number of hydrogen-bond acceptors (Lipinski definition) is 5. The van der Waals surface area contributed by atoms with Crippen molar-refractivity contribution in [2.24, 2.45) is 0 Å². The minimum Gasteiger partial charge on any atom is -0.506 e. The standard InChI is InChI=1S/C13H13ClN2O5/c1-7(17)11(13(19)15(2)3)12(18)9-5-4-8(14)6-10(9)16(20)21/h4-6,18H,1-3H3. The van der Waals surface area contributed by atoms with Crippen LogP contribution < -0.4 is 0 Å². The van der Waals surface area contributed by atoms with Gasteiger partial charge < -0.3 is 10.0 Å². The summed E-state index contributed by atoms with van der Waals surface area (Å²) in [5, 5.41) is 21.3. The zero-order valence-corrected chi connectivity index (χ0v) is 12.3. The predicted octanol–water partition coefficient (Wildman–Crippen LogP) is 2.19. The van der Waals surface area contributed by atoms with Crippen molar-refractivity contribution in [3.05, 3.63) is 44.5 Å². The Labute approximate surface area is 125 Å². The molecule has 8 heteroatoms. The first-order valence-corrected chi connectivity index (χ1v) is 6.14. The summed E-state index contributed by atoms with van der Waals surface area (Å²) >= 11 is 5.68. The number of nitro benzene ring substituents is 1. The van der Waals surface area contributed by atoms with Gasteiger partial charge >= 0.3 is 0 Å². The van der Waals surface area contributed by atoms with Gasteiger partial charge in [-0.2, -0.15) is 0 Å². The summed E-state index contributed by atoms with van der Waals surface area (Å²) in [6, 6.07) is 3.53. The molecule has 1 N–H and O–H groups in total. The number of hydrogen-bond donors (Lipinski definition) is 1. The van der Waals surface area contributed by atoms with E-state index in [0.717, 1.165) is 17.9 Å². The largest absolute Gasteiger partial charge is 0.506 e. The zero-order chi connectivity index (χ0) is 16.3. The summed E-state index contributed by atoms with van der Waals surface area (Å²) in [6.45, 7) is 1.09. The van der Waals surface area contributed by atoms with Gasteiger partial charge in [0.05, 0.1) is 10.5 Å². The van der Waals surface area contributed by atoms with Crippen LogP contribution in [0.2, 0.25) is 5.02 Å².